The maximum atomic E-state index is 12.7. The van der Waals surface area contributed by atoms with Crippen LogP contribution in [-0.2, 0) is 11.3 Å². The van der Waals surface area contributed by atoms with Crippen LogP contribution in [0.3, 0.4) is 0 Å². The molecule has 0 fully saturated rings. The smallest absolute Gasteiger partial charge is 0.258 e. The first kappa shape index (κ1) is 14.3. The van der Waals surface area contributed by atoms with Crippen LogP contribution < -0.4 is 16.4 Å². The Morgan fingerprint density at radius 2 is 1.77 bits per heavy atom. The predicted molar refractivity (Wildman–Crippen MR) is 84.4 cm³/mol. The van der Waals surface area contributed by atoms with Crippen molar-refractivity contribution in [2.45, 2.75) is 12.5 Å². The normalized spacial score (nSPS) is 16.4. The number of primary amides is 1. The molecule has 0 aliphatic carbocycles. The van der Waals surface area contributed by atoms with Crippen molar-refractivity contribution >= 4 is 17.5 Å². The van der Waals surface area contributed by atoms with Crippen molar-refractivity contribution in [2.24, 2.45) is 11.5 Å². The number of anilines is 1. The van der Waals surface area contributed by atoms with Gasteiger partial charge in [-0.15, -0.1) is 0 Å². The lowest BCUT2D eigenvalue weighted by Gasteiger charge is -2.17. The fourth-order valence-electron chi connectivity index (χ4n) is 2.78. The van der Waals surface area contributed by atoms with Gasteiger partial charge in [0.05, 0.1) is 5.92 Å². The molecule has 1 atom stereocenters. The molecule has 0 unspecified atom stereocenters. The van der Waals surface area contributed by atoms with Crippen LogP contribution in [0.1, 0.15) is 27.4 Å². The Morgan fingerprint density at radius 3 is 2.41 bits per heavy atom. The van der Waals surface area contributed by atoms with Crippen molar-refractivity contribution < 1.29 is 9.59 Å². The summed E-state index contributed by atoms with van der Waals surface area (Å²) in [5.41, 5.74) is 14.1. The number of nitrogens with zero attached hydrogens (tertiary/aromatic N) is 1. The summed E-state index contributed by atoms with van der Waals surface area (Å²) in [4.78, 5) is 26.0. The van der Waals surface area contributed by atoms with Gasteiger partial charge in [0.1, 0.15) is 0 Å². The molecule has 0 saturated carbocycles. The molecule has 0 radical (unpaired) electrons. The highest BCUT2D eigenvalue weighted by molar-refractivity contribution is 6.09. The molecule has 2 amide bonds. The number of amides is 2. The zero-order chi connectivity index (χ0) is 15.7. The lowest BCUT2D eigenvalue weighted by molar-refractivity contribution is -0.119. The van der Waals surface area contributed by atoms with Crippen molar-refractivity contribution in [1.82, 2.24) is 0 Å². The zero-order valence-corrected chi connectivity index (χ0v) is 12.0. The Balaban J connectivity index is 1.94. The van der Waals surface area contributed by atoms with Crippen molar-refractivity contribution in [3.8, 4) is 0 Å². The number of para-hydroxylation sites is 1. The minimum atomic E-state index is -0.455. The van der Waals surface area contributed by atoms with E-state index < -0.39 is 11.8 Å². The minimum absolute atomic E-state index is 0.139. The van der Waals surface area contributed by atoms with Crippen LogP contribution >= 0.6 is 0 Å². The monoisotopic (exact) mass is 295 g/mol. The lowest BCUT2D eigenvalue weighted by Crippen LogP contribution is -2.32. The Morgan fingerprint density at radius 1 is 1.09 bits per heavy atom. The maximum Gasteiger partial charge on any atom is 0.258 e. The summed E-state index contributed by atoms with van der Waals surface area (Å²) in [6.45, 7) is 0.719. The first-order valence-electron chi connectivity index (χ1n) is 7.11. The summed E-state index contributed by atoms with van der Waals surface area (Å²) < 4.78 is 0. The lowest BCUT2D eigenvalue weighted by atomic mass is 10.0. The number of fused-ring (bicyclic) bond motifs is 1. The largest absolute Gasteiger partial charge is 0.369 e. The molecule has 22 heavy (non-hydrogen) atoms. The van der Waals surface area contributed by atoms with E-state index in [4.69, 9.17) is 11.5 Å². The van der Waals surface area contributed by atoms with Crippen LogP contribution in [0.15, 0.2) is 48.5 Å². The second-order valence-corrected chi connectivity index (χ2v) is 5.33. The van der Waals surface area contributed by atoms with Gasteiger partial charge in [-0.1, -0.05) is 30.3 Å². The van der Waals surface area contributed by atoms with Crippen LogP contribution in [-0.4, -0.2) is 18.4 Å². The van der Waals surface area contributed by atoms with E-state index in [-0.39, 0.29) is 12.5 Å². The molecule has 0 saturated heterocycles. The summed E-state index contributed by atoms with van der Waals surface area (Å²) in [7, 11) is 0. The molecule has 0 spiro atoms. The molecule has 1 aliphatic rings. The maximum absolute atomic E-state index is 12.7. The number of carbonyl (C=O) groups excluding carboxylic acids is 2. The summed E-state index contributed by atoms with van der Waals surface area (Å²) in [5, 5.41) is 0. The van der Waals surface area contributed by atoms with E-state index in [2.05, 4.69) is 0 Å². The quantitative estimate of drug-likeness (QED) is 0.896. The van der Waals surface area contributed by atoms with Gasteiger partial charge in [-0.25, -0.2) is 0 Å². The third-order valence-corrected chi connectivity index (χ3v) is 3.99. The standard InChI is InChI=1S/C17H17N3O2/c18-9-11-5-7-12(8-6-11)17(22)20-10-14(16(19)21)13-3-1-2-4-15(13)20/h1-8,14H,9-10,18H2,(H2,19,21)/t14-/m1/s1. The van der Waals surface area contributed by atoms with Gasteiger partial charge < -0.3 is 16.4 Å². The van der Waals surface area contributed by atoms with E-state index >= 15 is 0 Å². The van der Waals surface area contributed by atoms with Gasteiger partial charge in [0.2, 0.25) is 5.91 Å². The van der Waals surface area contributed by atoms with Crippen LogP contribution in [0, 0.1) is 0 Å². The topological polar surface area (TPSA) is 89.4 Å². The van der Waals surface area contributed by atoms with E-state index in [1.807, 2.05) is 36.4 Å². The molecule has 3 rings (SSSR count). The number of benzene rings is 2. The molecule has 1 heterocycles. The number of rotatable bonds is 3. The predicted octanol–water partition coefficient (Wildman–Crippen LogP) is 1.37. The first-order valence-corrected chi connectivity index (χ1v) is 7.11. The zero-order valence-electron chi connectivity index (χ0n) is 12.0. The Bertz CT molecular complexity index is 725. The third kappa shape index (κ3) is 2.35. The van der Waals surface area contributed by atoms with Crippen LogP contribution in [0.25, 0.3) is 0 Å². The van der Waals surface area contributed by atoms with Gasteiger partial charge in [-0.05, 0) is 29.3 Å². The molecule has 5 heteroatoms. The number of hydrogen-bond donors (Lipinski definition) is 2. The highest BCUT2D eigenvalue weighted by Gasteiger charge is 2.35. The van der Waals surface area contributed by atoms with Crippen LogP contribution in [0.4, 0.5) is 5.69 Å². The van der Waals surface area contributed by atoms with Crippen molar-refractivity contribution in [1.29, 1.82) is 0 Å². The summed E-state index contributed by atoms with van der Waals surface area (Å²) >= 11 is 0. The minimum Gasteiger partial charge on any atom is -0.369 e. The van der Waals surface area contributed by atoms with E-state index in [9.17, 15) is 9.59 Å². The van der Waals surface area contributed by atoms with Crippen LogP contribution in [0.5, 0.6) is 0 Å². The van der Waals surface area contributed by atoms with Crippen molar-refractivity contribution in [3.05, 3.63) is 65.2 Å². The van der Waals surface area contributed by atoms with Gasteiger partial charge in [0, 0.05) is 24.3 Å². The third-order valence-electron chi connectivity index (χ3n) is 3.99. The molecular formula is C17H17N3O2. The number of carbonyl (C=O) groups is 2. The highest BCUT2D eigenvalue weighted by atomic mass is 16.2. The van der Waals surface area contributed by atoms with Crippen molar-refractivity contribution in [2.75, 3.05) is 11.4 Å². The summed E-state index contributed by atoms with van der Waals surface area (Å²) in [6.07, 6.45) is 0. The molecule has 112 valence electrons. The van der Waals surface area contributed by atoms with Crippen molar-refractivity contribution in [3.63, 3.8) is 0 Å². The first-order chi connectivity index (χ1) is 10.6. The molecule has 0 bridgehead atoms. The second kappa shape index (κ2) is 5.61. The number of nitrogens with two attached hydrogens (primary N) is 2. The van der Waals surface area contributed by atoms with Gasteiger partial charge in [-0.3, -0.25) is 9.59 Å². The SMILES string of the molecule is NCc1ccc(C(=O)N2C[C@@H](C(N)=O)c3ccccc32)cc1. The van der Waals surface area contributed by atoms with Gasteiger partial charge in [-0.2, -0.15) is 0 Å². The van der Waals surface area contributed by atoms with E-state index in [1.54, 1.807) is 17.0 Å². The summed E-state index contributed by atoms with van der Waals surface area (Å²) in [6, 6.07) is 14.6. The Kier molecular flexibility index (Phi) is 3.65. The molecule has 2 aromatic rings. The molecule has 2 aromatic carbocycles. The van der Waals surface area contributed by atoms with Gasteiger partial charge in [0.15, 0.2) is 0 Å². The Labute approximate surface area is 128 Å². The van der Waals surface area contributed by atoms with Crippen LogP contribution in [0.2, 0.25) is 0 Å². The number of hydrogen-bond acceptors (Lipinski definition) is 3. The average molecular weight is 295 g/mol. The fraction of sp³-hybridized carbons (Fsp3) is 0.176. The van der Waals surface area contributed by atoms with E-state index in [0.717, 1.165) is 16.8 Å². The summed E-state index contributed by atoms with van der Waals surface area (Å²) in [5.74, 6) is -1.01. The molecular weight excluding hydrogens is 278 g/mol. The highest BCUT2D eigenvalue weighted by Crippen LogP contribution is 2.36. The van der Waals surface area contributed by atoms with E-state index in [0.29, 0.717) is 12.1 Å². The molecule has 1 aliphatic heterocycles. The Hall–Kier alpha value is -2.66. The molecule has 0 aromatic heterocycles. The fourth-order valence-corrected chi connectivity index (χ4v) is 2.78. The molecule has 5 nitrogen and oxygen atoms in total. The van der Waals surface area contributed by atoms with Gasteiger partial charge >= 0.3 is 0 Å². The average Bonchev–Trinajstić information content (AvgIpc) is 2.94. The van der Waals surface area contributed by atoms with E-state index in [1.165, 1.54) is 0 Å². The molecule has 4 N–H and O–H groups in total. The second-order valence-electron chi connectivity index (χ2n) is 5.33. The van der Waals surface area contributed by atoms with Gasteiger partial charge in [0.25, 0.3) is 5.91 Å².